The Balaban J connectivity index is 1.40. The molecule has 3 amide bonds. The van der Waals surface area contributed by atoms with Crippen LogP contribution in [0.5, 0.6) is 5.75 Å². The second kappa shape index (κ2) is 12.8. The van der Waals surface area contributed by atoms with Crippen molar-refractivity contribution in [3.63, 3.8) is 0 Å². The molecule has 4 aromatic rings. The number of benzene rings is 2. The molecule has 0 unspecified atom stereocenters. The first-order valence-electron chi connectivity index (χ1n) is 14.6. The zero-order valence-corrected chi connectivity index (χ0v) is 22.7. The van der Waals surface area contributed by atoms with E-state index in [1.54, 1.807) is 66.9 Å². The number of methoxy groups -OCH3 is 1. The number of anilines is 5. The van der Waals surface area contributed by atoms with Gasteiger partial charge >= 0.3 is 0 Å². The Morgan fingerprint density at radius 2 is 1.69 bits per heavy atom. The molecule has 0 saturated carbocycles. The van der Waals surface area contributed by atoms with Crippen molar-refractivity contribution in [3.8, 4) is 5.75 Å². The van der Waals surface area contributed by atoms with Gasteiger partial charge in [0, 0.05) is 47.7 Å². The van der Waals surface area contributed by atoms with Crippen LogP contribution in [-0.4, -0.2) is 65.0 Å². The standard InChI is InChI=1S/C30H30N8O4/c1-31-29(40)26-23(18-25(36-37-26)35-24-10-3-4-15-32-24)34-22-9-7-8-21(27(22)42-2)28(39)33-20-13-11-19(12-14-20)30(41)38-16-5-6-17-38/h3-4,7-15,18H,5-6,16-17H2,1-2H3,(H,31,40)(H,33,39)(H2,32,34,35,36)/i1D3. The highest BCUT2D eigenvalue weighted by Gasteiger charge is 2.21. The van der Waals surface area contributed by atoms with Gasteiger partial charge in [-0.3, -0.25) is 14.4 Å². The van der Waals surface area contributed by atoms with E-state index >= 15 is 0 Å². The van der Waals surface area contributed by atoms with Crippen LogP contribution in [0.25, 0.3) is 0 Å². The number of rotatable bonds is 9. The van der Waals surface area contributed by atoms with Crippen molar-refractivity contribution in [1.82, 2.24) is 25.4 Å². The maximum Gasteiger partial charge on any atom is 0.273 e. The Labute approximate surface area is 246 Å². The summed E-state index contributed by atoms with van der Waals surface area (Å²) < 4.78 is 27.9. The molecule has 4 N–H and O–H groups in total. The summed E-state index contributed by atoms with van der Waals surface area (Å²) in [6.07, 6.45) is 3.57. The van der Waals surface area contributed by atoms with Crippen LogP contribution in [0.3, 0.4) is 0 Å². The molecular weight excluding hydrogens is 536 g/mol. The molecule has 1 aliphatic heterocycles. The van der Waals surface area contributed by atoms with Gasteiger partial charge in [0.05, 0.1) is 24.0 Å². The molecule has 2 aromatic heterocycles. The molecule has 0 radical (unpaired) electrons. The summed E-state index contributed by atoms with van der Waals surface area (Å²) in [6.45, 7) is -1.29. The van der Waals surface area contributed by atoms with Crippen molar-refractivity contribution < 1.29 is 23.2 Å². The lowest BCUT2D eigenvalue weighted by Crippen LogP contribution is -2.27. The summed E-state index contributed by atoms with van der Waals surface area (Å²) in [5.41, 5.74) is 1.25. The molecule has 0 bridgehead atoms. The third-order valence-corrected chi connectivity index (χ3v) is 6.56. The van der Waals surface area contributed by atoms with Gasteiger partial charge in [0.1, 0.15) is 5.82 Å². The Bertz CT molecular complexity index is 1700. The molecule has 214 valence electrons. The number of carbonyl (C=O) groups is 3. The molecule has 1 fully saturated rings. The summed E-state index contributed by atoms with van der Waals surface area (Å²) in [5.74, 6) is -0.701. The Hall–Kier alpha value is -5.52. The molecular formula is C30H30N8O4. The van der Waals surface area contributed by atoms with Gasteiger partial charge in [0.15, 0.2) is 17.3 Å². The highest BCUT2D eigenvalue weighted by molar-refractivity contribution is 6.08. The number of likely N-dealkylation sites (tertiary alicyclic amines) is 1. The van der Waals surface area contributed by atoms with Crippen molar-refractivity contribution in [3.05, 3.63) is 89.7 Å². The van der Waals surface area contributed by atoms with Crippen molar-refractivity contribution in [1.29, 1.82) is 0 Å². The van der Waals surface area contributed by atoms with E-state index in [1.807, 2.05) is 10.2 Å². The summed E-state index contributed by atoms with van der Waals surface area (Å²) >= 11 is 0. The zero-order chi connectivity index (χ0) is 32.0. The molecule has 2 aromatic carbocycles. The van der Waals surface area contributed by atoms with E-state index in [0.29, 0.717) is 17.1 Å². The van der Waals surface area contributed by atoms with Crippen molar-refractivity contribution in [2.45, 2.75) is 12.8 Å². The molecule has 42 heavy (non-hydrogen) atoms. The minimum atomic E-state index is -2.77. The largest absolute Gasteiger partial charge is 0.494 e. The fourth-order valence-corrected chi connectivity index (χ4v) is 4.52. The van der Waals surface area contributed by atoms with Gasteiger partial charge in [0.25, 0.3) is 17.7 Å². The van der Waals surface area contributed by atoms with Gasteiger partial charge in [-0.05, 0) is 61.4 Å². The van der Waals surface area contributed by atoms with Crippen molar-refractivity contribution >= 4 is 46.4 Å². The molecule has 0 spiro atoms. The Kier molecular flexibility index (Phi) is 7.38. The van der Waals surface area contributed by atoms with E-state index in [4.69, 9.17) is 8.85 Å². The molecule has 3 heterocycles. The van der Waals surface area contributed by atoms with Crippen LogP contribution in [0.2, 0.25) is 0 Å². The number of nitrogens with one attached hydrogen (secondary N) is 4. The maximum atomic E-state index is 13.4. The first-order valence-corrected chi connectivity index (χ1v) is 13.1. The van der Waals surface area contributed by atoms with Crippen LogP contribution < -0.4 is 26.0 Å². The third-order valence-electron chi connectivity index (χ3n) is 6.56. The number of carbonyl (C=O) groups excluding carboxylic acids is 3. The number of ether oxygens (including phenoxy) is 1. The van der Waals surface area contributed by atoms with Crippen LogP contribution in [0.15, 0.2) is 72.9 Å². The number of hydrogen-bond acceptors (Lipinski definition) is 9. The fourth-order valence-electron chi connectivity index (χ4n) is 4.52. The third kappa shape index (κ3) is 6.28. The number of pyridine rings is 1. The van der Waals surface area contributed by atoms with Crippen LogP contribution in [0.4, 0.5) is 28.7 Å². The van der Waals surface area contributed by atoms with E-state index in [-0.39, 0.29) is 40.1 Å². The number of hydrogen-bond donors (Lipinski definition) is 4. The van der Waals surface area contributed by atoms with Gasteiger partial charge in [-0.15, -0.1) is 10.2 Å². The van der Waals surface area contributed by atoms with E-state index < -0.39 is 18.8 Å². The van der Waals surface area contributed by atoms with Gasteiger partial charge in [-0.1, -0.05) is 12.1 Å². The summed E-state index contributed by atoms with van der Waals surface area (Å²) in [6, 6.07) is 18.1. The summed E-state index contributed by atoms with van der Waals surface area (Å²) in [7, 11) is 1.39. The van der Waals surface area contributed by atoms with E-state index in [0.717, 1.165) is 25.9 Å². The van der Waals surface area contributed by atoms with E-state index in [2.05, 4.69) is 31.1 Å². The van der Waals surface area contributed by atoms with Crippen molar-refractivity contribution in [2.75, 3.05) is 43.1 Å². The molecule has 0 aliphatic carbocycles. The second-order valence-corrected chi connectivity index (χ2v) is 9.33. The predicted molar refractivity (Wildman–Crippen MR) is 159 cm³/mol. The molecule has 12 nitrogen and oxygen atoms in total. The van der Waals surface area contributed by atoms with Gasteiger partial charge in [-0.2, -0.15) is 0 Å². The maximum absolute atomic E-state index is 13.4. The lowest BCUT2D eigenvalue weighted by Gasteiger charge is -2.17. The average Bonchev–Trinajstić information content (AvgIpc) is 3.56. The number of nitrogens with zero attached hydrogens (tertiary/aromatic N) is 4. The normalized spacial score (nSPS) is 13.7. The summed E-state index contributed by atoms with van der Waals surface area (Å²) in [4.78, 5) is 44.9. The SMILES string of the molecule is [2H]C([2H])([2H])NC(=O)c1nnc(Nc2ccccn2)cc1Nc1cccc(C(=O)Nc2ccc(C(=O)N3CCCC3)cc2)c1OC. The highest BCUT2D eigenvalue weighted by atomic mass is 16.5. The van der Waals surface area contributed by atoms with Crippen LogP contribution >= 0.6 is 0 Å². The number of aromatic nitrogens is 3. The highest BCUT2D eigenvalue weighted by Crippen LogP contribution is 2.33. The van der Waals surface area contributed by atoms with E-state index in [1.165, 1.54) is 13.2 Å². The lowest BCUT2D eigenvalue weighted by atomic mass is 10.1. The van der Waals surface area contributed by atoms with Crippen LogP contribution in [0, 0.1) is 0 Å². The fraction of sp³-hybridized carbons (Fsp3) is 0.200. The molecule has 1 aliphatic rings. The molecule has 1 saturated heterocycles. The van der Waals surface area contributed by atoms with Gasteiger partial charge in [0.2, 0.25) is 0 Å². The van der Waals surface area contributed by atoms with Crippen molar-refractivity contribution in [2.24, 2.45) is 0 Å². The minimum Gasteiger partial charge on any atom is -0.494 e. The Morgan fingerprint density at radius 1 is 0.881 bits per heavy atom. The zero-order valence-electron chi connectivity index (χ0n) is 25.7. The Morgan fingerprint density at radius 3 is 2.40 bits per heavy atom. The number of para-hydroxylation sites is 1. The van der Waals surface area contributed by atoms with Crippen LogP contribution in [-0.2, 0) is 0 Å². The quantitative estimate of drug-likeness (QED) is 0.232. The minimum absolute atomic E-state index is 0.0401. The van der Waals surface area contributed by atoms with Gasteiger partial charge in [-0.25, -0.2) is 4.98 Å². The number of amides is 3. The average molecular weight is 570 g/mol. The van der Waals surface area contributed by atoms with E-state index in [9.17, 15) is 14.4 Å². The topological polar surface area (TPSA) is 150 Å². The monoisotopic (exact) mass is 569 g/mol. The molecule has 12 heteroatoms. The summed E-state index contributed by atoms with van der Waals surface area (Å²) in [5, 5.41) is 18.7. The molecule has 5 rings (SSSR count). The van der Waals surface area contributed by atoms with Gasteiger partial charge < -0.3 is 30.9 Å². The second-order valence-electron chi connectivity index (χ2n) is 9.33. The first kappa shape index (κ1) is 24.3. The smallest absolute Gasteiger partial charge is 0.273 e. The lowest BCUT2D eigenvalue weighted by molar-refractivity contribution is 0.0792. The molecule has 0 atom stereocenters. The predicted octanol–water partition coefficient (Wildman–Crippen LogP) is 4.22. The first-order chi connectivity index (χ1) is 21.6. The van der Waals surface area contributed by atoms with Crippen LogP contribution in [0.1, 0.15) is 48.2 Å².